The minimum absolute atomic E-state index is 0.124. The average molecular weight is 369 g/mol. The first-order chi connectivity index (χ1) is 12.9. The van der Waals surface area contributed by atoms with Crippen molar-refractivity contribution >= 4 is 28.3 Å². The second kappa shape index (κ2) is 7.67. The number of fused-ring (bicyclic) bond motifs is 3. The Morgan fingerprint density at radius 1 is 1.19 bits per heavy atom. The standard InChI is InChI=1S/C20H23N3O4/c1-22(2)12-14(11-18(21)24)27-13-7-8-15-17(10-13)23-9-5-4-6-16(23)19(15)20(25)26-3/h4-10,14H,11-12H2,1-3H3,(H2,21,24). The van der Waals surface area contributed by atoms with Gasteiger partial charge in [0.25, 0.3) is 0 Å². The van der Waals surface area contributed by atoms with Gasteiger partial charge in [0.1, 0.15) is 11.9 Å². The van der Waals surface area contributed by atoms with E-state index in [-0.39, 0.29) is 18.5 Å². The number of nitrogens with zero attached hydrogens (tertiary/aromatic N) is 2. The lowest BCUT2D eigenvalue weighted by Gasteiger charge is -2.21. The fourth-order valence-electron chi connectivity index (χ4n) is 3.27. The monoisotopic (exact) mass is 369 g/mol. The van der Waals surface area contributed by atoms with Crippen LogP contribution in [0.5, 0.6) is 5.75 Å². The van der Waals surface area contributed by atoms with Crippen LogP contribution in [0.4, 0.5) is 0 Å². The Morgan fingerprint density at radius 2 is 1.96 bits per heavy atom. The molecule has 1 aromatic carbocycles. The van der Waals surface area contributed by atoms with Crippen LogP contribution in [0, 0.1) is 0 Å². The summed E-state index contributed by atoms with van der Waals surface area (Å²) in [4.78, 5) is 25.6. The van der Waals surface area contributed by atoms with Crippen molar-refractivity contribution in [3.8, 4) is 5.75 Å². The zero-order valence-electron chi connectivity index (χ0n) is 15.6. The smallest absolute Gasteiger partial charge is 0.340 e. The molecule has 0 aliphatic heterocycles. The van der Waals surface area contributed by atoms with Gasteiger partial charge in [0.15, 0.2) is 0 Å². The third-order valence-electron chi connectivity index (χ3n) is 4.30. The number of likely N-dealkylation sites (N-methyl/N-ethyl adjacent to an activating group) is 1. The van der Waals surface area contributed by atoms with E-state index in [1.165, 1.54) is 7.11 Å². The summed E-state index contributed by atoms with van der Waals surface area (Å²) < 4.78 is 12.9. The molecule has 27 heavy (non-hydrogen) atoms. The van der Waals surface area contributed by atoms with E-state index < -0.39 is 5.91 Å². The maximum Gasteiger partial charge on any atom is 0.340 e. The van der Waals surface area contributed by atoms with Crippen molar-refractivity contribution in [2.75, 3.05) is 27.7 Å². The molecule has 1 atom stereocenters. The summed E-state index contributed by atoms with van der Waals surface area (Å²) in [7, 11) is 5.18. The zero-order valence-corrected chi connectivity index (χ0v) is 15.6. The number of amides is 1. The van der Waals surface area contributed by atoms with Crippen molar-refractivity contribution in [1.29, 1.82) is 0 Å². The average Bonchev–Trinajstić information content (AvgIpc) is 2.94. The lowest BCUT2D eigenvalue weighted by molar-refractivity contribution is -0.119. The Morgan fingerprint density at radius 3 is 2.63 bits per heavy atom. The van der Waals surface area contributed by atoms with Crippen LogP contribution in [0.1, 0.15) is 16.8 Å². The van der Waals surface area contributed by atoms with E-state index >= 15 is 0 Å². The molecule has 0 bridgehead atoms. The molecule has 0 spiro atoms. The van der Waals surface area contributed by atoms with E-state index in [0.29, 0.717) is 17.9 Å². The quantitative estimate of drug-likeness (QED) is 0.644. The van der Waals surface area contributed by atoms with E-state index in [1.54, 1.807) is 6.07 Å². The van der Waals surface area contributed by atoms with Crippen molar-refractivity contribution in [1.82, 2.24) is 9.30 Å². The summed E-state index contributed by atoms with van der Waals surface area (Å²) in [5, 5.41) is 0.777. The van der Waals surface area contributed by atoms with Gasteiger partial charge < -0.3 is 24.5 Å². The van der Waals surface area contributed by atoms with Gasteiger partial charge >= 0.3 is 5.97 Å². The molecule has 0 aliphatic rings. The van der Waals surface area contributed by atoms with E-state index in [4.69, 9.17) is 15.2 Å². The van der Waals surface area contributed by atoms with Gasteiger partial charge in [-0.25, -0.2) is 4.79 Å². The van der Waals surface area contributed by atoms with Crippen LogP contribution in [0.3, 0.4) is 0 Å². The number of ether oxygens (including phenoxy) is 2. The fraction of sp³-hybridized carbons (Fsp3) is 0.300. The first kappa shape index (κ1) is 18.7. The van der Waals surface area contributed by atoms with Crippen LogP contribution >= 0.6 is 0 Å². The van der Waals surface area contributed by atoms with Crippen molar-refractivity contribution in [3.05, 3.63) is 48.2 Å². The number of nitrogens with two attached hydrogens (primary N) is 1. The Labute approximate surface area is 157 Å². The van der Waals surface area contributed by atoms with Gasteiger partial charge in [0.05, 0.1) is 30.1 Å². The van der Waals surface area contributed by atoms with Crippen LogP contribution in [0.15, 0.2) is 42.6 Å². The molecule has 0 fully saturated rings. The van der Waals surface area contributed by atoms with Crippen molar-refractivity contribution < 1.29 is 19.1 Å². The Kier molecular flexibility index (Phi) is 5.32. The first-order valence-corrected chi connectivity index (χ1v) is 8.61. The van der Waals surface area contributed by atoms with Crippen LogP contribution in [0.25, 0.3) is 16.4 Å². The number of pyridine rings is 1. The highest BCUT2D eigenvalue weighted by Gasteiger charge is 2.20. The van der Waals surface area contributed by atoms with Gasteiger partial charge in [-0.2, -0.15) is 0 Å². The van der Waals surface area contributed by atoms with Crippen LogP contribution in [-0.2, 0) is 9.53 Å². The van der Waals surface area contributed by atoms with E-state index in [0.717, 1.165) is 16.4 Å². The van der Waals surface area contributed by atoms with E-state index in [9.17, 15) is 9.59 Å². The highest BCUT2D eigenvalue weighted by Crippen LogP contribution is 2.30. The minimum atomic E-state index is -0.413. The molecule has 0 aliphatic carbocycles. The van der Waals surface area contributed by atoms with Gasteiger partial charge in [0, 0.05) is 24.2 Å². The summed E-state index contributed by atoms with van der Waals surface area (Å²) in [5.41, 5.74) is 7.45. The molecule has 3 aromatic rings. The number of hydrogen-bond donors (Lipinski definition) is 1. The predicted molar refractivity (Wildman–Crippen MR) is 103 cm³/mol. The topological polar surface area (TPSA) is 86.3 Å². The van der Waals surface area contributed by atoms with Crippen molar-refractivity contribution in [3.63, 3.8) is 0 Å². The third-order valence-corrected chi connectivity index (χ3v) is 4.30. The second-order valence-electron chi connectivity index (χ2n) is 6.67. The summed E-state index contributed by atoms with van der Waals surface area (Å²) >= 11 is 0. The maximum atomic E-state index is 12.3. The number of benzene rings is 1. The highest BCUT2D eigenvalue weighted by molar-refractivity contribution is 6.11. The van der Waals surface area contributed by atoms with Gasteiger partial charge in [-0.3, -0.25) is 4.79 Å². The number of rotatable bonds is 7. The molecular formula is C20H23N3O4. The summed E-state index contributed by atoms with van der Waals surface area (Å²) in [6.07, 6.45) is 1.65. The number of carbonyl (C=O) groups is 2. The minimum Gasteiger partial charge on any atom is -0.488 e. The molecule has 2 aromatic heterocycles. The number of hydrogen-bond acceptors (Lipinski definition) is 5. The predicted octanol–water partition coefficient (Wildman–Crippen LogP) is 2.06. The Bertz CT molecular complexity index is 993. The normalized spacial score (nSPS) is 12.4. The lowest BCUT2D eigenvalue weighted by atomic mass is 10.1. The van der Waals surface area contributed by atoms with E-state index in [1.807, 2.05) is 59.9 Å². The van der Waals surface area contributed by atoms with Gasteiger partial charge in [0.2, 0.25) is 5.91 Å². The molecule has 2 N–H and O–H groups in total. The molecular weight excluding hydrogens is 346 g/mol. The van der Waals surface area contributed by atoms with Crippen LogP contribution < -0.4 is 10.5 Å². The number of esters is 1. The number of carbonyl (C=O) groups excluding carboxylic acids is 2. The summed E-state index contributed by atoms with van der Waals surface area (Å²) in [6, 6.07) is 11.1. The summed E-state index contributed by atoms with van der Waals surface area (Å²) in [5.74, 6) is -0.194. The molecule has 1 amide bonds. The highest BCUT2D eigenvalue weighted by atomic mass is 16.5. The van der Waals surface area contributed by atoms with Crippen molar-refractivity contribution in [2.45, 2.75) is 12.5 Å². The lowest BCUT2D eigenvalue weighted by Crippen LogP contribution is -2.34. The number of methoxy groups -OCH3 is 1. The molecule has 0 radical (unpaired) electrons. The fourth-order valence-corrected chi connectivity index (χ4v) is 3.27. The SMILES string of the molecule is COC(=O)c1c2ccc(OC(CC(N)=O)CN(C)C)cc2n2ccccc12. The molecule has 2 heterocycles. The molecule has 142 valence electrons. The molecule has 0 saturated heterocycles. The van der Waals surface area contributed by atoms with Crippen LogP contribution in [-0.4, -0.2) is 55.0 Å². The van der Waals surface area contributed by atoms with Gasteiger partial charge in [-0.15, -0.1) is 0 Å². The van der Waals surface area contributed by atoms with Gasteiger partial charge in [-0.05, 0) is 38.4 Å². The second-order valence-corrected chi connectivity index (χ2v) is 6.67. The Hall–Kier alpha value is -3.06. The zero-order chi connectivity index (χ0) is 19.6. The molecule has 3 rings (SSSR count). The van der Waals surface area contributed by atoms with Crippen molar-refractivity contribution in [2.24, 2.45) is 5.73 Å². The first-order valence-electron chi connectivity index (χ1n) is 8.61. The molecule has 0 saturated carbocycles. The van der Waals surface area contributed by atoms with Crippen LogP contribution in [0.2, 0.25) is 0 Å². The molecule has 1 unspecified atom stereocenters. The number of primary amides is 1. The molecule has 7 heteroatoms. The van der Waals surface area contributed by atoms with Gasteiger partial charge in [-0.1, -0.05) is 6.07 Å². The maximum absolute atomic E-state index is 12.3. The third kappa shape index (κ3) is 3.88. The van der Waals surface area contributed by atoms with E-state index in [2.05, 4.69) is 0 Å². The Balaban J connectivity index is 2.05. The molecule has 7 nitrogen and oxygen atoms in total. The summed E-state index contributed by atoms with van der Waals surface area (Å²) in [6.45, 7) is 0.559. The number of aromatic nitrogens is 1. The largest absolute Gasteiger partial charge is 0.488 e.